The Bertz CT molecular complexity index is 367. The van der Waals surface area contributed by atoms with E-state index in [-0.39, 0.29) is 12.1 Å². The van der Waals surface area contributed by atoms with Gasteiger partial charge < -0.3 is 10.5 Å². The Morgan fingerprint density at radius 3 is 3.05 bits per heavy atom. The quantitative estimate of drug-likeness (QED) is 0.880. The molecule has 0 aromatic carbocycles. The summed E-state index contributed by atoms with van der Waals surface area (Å²) in [4.78, 5) is 6.73. The highest BCUT2D eigenvalue weighted by Crippen LogP contribution is 2.28. The molecule has 2 rings (SSSR count). The molecule has 1 fully saturated rings. The molecule has 4 heteroatoms. The van der Waals surface area contributed by atoms with E-state index in [9.17, 15) is 0 Å². The molecule has 19 heavy (non-hydrogen) atoms. The van der Waals surface area contributed by atoms with Gasteiger partial charge in [0.25, 0.3) is 0 Å². The number of ether oxygens (including phenoxy) is 1. The molecule has 0 aliphatic carbocycles. The molecule has 106 valence electrons. The smallest absolute Gasteiger partial charge is 0.0511 e. The zero-order valence-electron chi connectivity index (χ0n) is 12.0. The number of hydrogen-bond acceptors (Lipinski definition) is 4. The molecule has 3 atom stereocenters. The van der Waals surface area contributed by atoms with E-state index >= 15 is 0 Å². The fourth-order valence-corrected chi connectivity index (χ4v) is 3.12. The Morgan fingerprint density at radius 2 is 2.42 bits per heavy atom. The number of hydrogen-bond donors (Lipinski definition) is 1. The van der Waals surface area contributed by atoms with E-state index in [1.54, 1.807) is 7.11 Å². The van der Waals surface area contributed by atoms with E-state index < -0.39 is 0 Å². The third kappa shape index (κ3) is 3.75. The maximum absolute atomic E-state index is 6.22. The topological polar surface area (TPSA) is 51.4 Å². The number of methoxy groups -OCH3 is 1. The van der Waals surface area contributed by atoms with Gasteiger partial charge in [0.05, 0.1) is 12.6 Å². The van der Waals surface area contributed by atoms with Gasteiger partial charge in [0.2, 0.25) is 0 Å². The summed E-state index contributed by atoms with van der Waals surface area (Å²) in [6.45, 7) is 5.10. The lowest BCUT2D eigenvalue weighted by Crippen LogP contribution is -2.45. The molecule has 1 aliphatic heterocycles. The van der Waals surface area contributed by atoms with Crippen molar-refractivity contribution in [2.45, 2.75) is 31.8 Å². The van der Waals surface area contributed by atoms with Crippen molar-refractivity contribution in [1.82, 2.24) is 9.88 Å². The van der Waals surface area contributed by atoms with Crippen LogP contribution < -0.4 is 5.73 Å². The molecular weight excluding hydrogens is 238 g/mol. The van der Waals surface area contributed by atoms with E-state index in [0.29, 0.717) is 5.92 Å². The highest BCUT2D eigenvalue weighted by Gasteiger charge is 2.29. The summed E-state index contributed by atoms with van der Waals surface area (Å²) in [6, 6.07) is 4.47. The van der Waals surface area contributed by atoms with Gasteiger partial charge in [-0.25, -0.2) is 0 Å². The van der Waals surface area contributed by atoms with Crippen molar-refractivity contribution >= 4 is 0 Å². The molecular formula is C15H25N3O. The van der Waals surface area contributed by atoms with Gasteiger partial charge in [-0.1, -0.05) is 6.07 Å². The van der Waals surface area contributed by atoms with E-state index in [1.165, 1.54) is 18.4 Å². The molecule has 0 spiro atoms. The first-order valence-corrected chi connectivity index (χ1v) is 7.11. The summed E-state index contributed by atoms with van der Waals surface area (Å²) < 4.78 is 5.31. The summed E-state index contributed by atoms with van der Waals surface area (Å²) in [5.41, 5.74) is 7.44. The predicted molar refractivity (Wildman–Crippen MR) is 76.8 cm³/mol. The maximum Gasteiger partial charge on any atom is 0.0511 e. The molecule has 1 saturated heterocycles. The second-order valence-electron chi connectivity index (χ2n) is 5.55. The maximum atomic E-state index is 6.22. The Kier molecular flexibility index (Phi) is 5.31. The van der Waals surface area contributed by atoms with Crippen molar-refractivity contribution in [3.63, 3.8) is 0 Å². The number of aromatic nitrogens is 1. The van der Waals surface area contributed by atoms with Crippen LogP contribution in [-0.4, -0.2) is 42.7 Å². The van der Waals surface area contributed by atoms with E-state index in [1.807, 2.05) is 18.5 Å². The first-order valence-electron chi connectivity index (χ1n) is 7.11. The van der Waals surface area contributed by atoms with Crippen LogP contribution in [0.15, 0.2) is 24.5 Å². The number of likely N-dealkylation sites (tertiary alicyclic amines) is 1. The standard InChI is InChI=1S/C15H25N3O/c1-12(16)15(14-6-3-7-17-9-14)18-8-4-5-13(10-18)11-19-2/h3,6-7,9,12-13,15H,4-5,8,10-11,16H2,1-2H3. The van der Waals surface area contributed by atoms with Crippen LogP contribution in [0.5, 0.6) is 0 Å². The van der Waals surface area contributed by atoms with Crippen LogP contribution in [0.1, 0.15) is 31.4 Å². The molecule has 0 radical (unpaired) electrons. The van der Waals surface area contributed by atoms with Crippen molar-refractivity contribution in [3.05, 3.63) is 30.1 Å². The number of nitrogens with two attached hydrogens (primary N) is 1. The van der Waals surface area contributed by atoms with Gasteiger partial charge in [-0.05, 0) is 43.9 Å². The fraction of sp³-hybridized carbons (Fsp3) is 0.667. The van der Waals surface area contributed by atoms with E-state index in [4.69, 9.17) is 10.5 Å². The Balaban J connectivity index is 2.11. The minimum absolute atomic E-state index is 0.102. The van der Waals surface area contributed by atoms with Crippen molar-refractivity contribution in [2.75, 3.05) is 26.8 Å². The molecule has 1 aromatic heterocycles. The van der Waals surface area contributed by atoms with E-state index in [0.717, 1.165) is 19.7 Å². The Labute approximate surface area is 116 Å². The molecule has 0 saturated carbocycles. The SMILES string of the molecule is COCC1CCCN(C(c2cccnc2)C(C)N)C1. The minimum Gasteiger partial charge on any atom is -0.384 e. The van der Waals surface area contributed by atoms with Crippen molar-refractivity contribution in [2.24, 2.45) is 11.7 Å². The van der Waals surface area contributed by atoms with Crippen LogP contribution in [0, 0.1) is 5.92 Å². The van der Waals surface area contributed by atoms with Crippen molar-refractivity contribution in [1.29, 1.82) is 0 Å². The third-order valence-corrected chi connectivity index (χ3v) is 3.87. The van der Waals surface area contributed by atoms with Crippen molar-refractivity contribution in [3.8, 4) is 0 Å². The lowest BCUT2D eigenvalue weighted by molar-refractivity contribution is 0.0618. The first-order chi connectivity index (χ1) is 9.22. The number of nitrogens with zero attached hydrogens (tertiary/aromatic N) is 2. The lowest BCUT2D eigenvalue weighted by Gasteiger charge is -2.40. The first kappa shape index (κ1) is 14.4. The highest BCUT2D eigenvalue weighted by molar-refractivity contribution is 5.16. The zero-order chi connectivity index (χ0) is 13.7. The van der Waals surface area contributed by atoms with Gasteiger partial charge in [-0.2, -0.15) is 0 Å². The molecule has 0 amide bonds. The highest BCUT2D eigenvalue weighted by atomic mass is 16.5. The summed E-state index contributed by atoms with van der Waals surface area (Å²) in [5.74, 6) is 0.622. The summed E-state index contributed by atoms with van der Waals surface area (Å²) >= 11 is 0. The summed E-state index contributed by atoms with van der Waals surface area (Å²) in [7, 11) is 1.78. The van der Waals surface area contributed by atoms with Gasteiger partial charge in [-0.3, -0.25) is 9.88 Å². The van der Waals surface area contributed by atoms with Crippen LogP contribution in [0.4, 0.5) is 0 Å². The summed E-state index contributed by atoms with van der Waals surface area (Å²) in [5, 5.41) is 0. The number of rotatable bonds is 5. The normalized spacial score (nSPS) is 24.1. The van der Waals surface area contributed by atoms with Gasteiger partial charge in [0, 0.05) is 32.1 Å². The number of piperidine rings is 1. The molecule has 0 bridgehead atoms. The van der Waals surface area contributed by atoms with Crippen LogP contribution in [-0.2, 0) is 4.74 Å². The average molecular weight is 263 g/mol. The van der Waals surface area contributed by atoms with Crippen LogP contribution in [0.25, 0.3) is 0 Å². The van der Waals surface area contributed by atoms with Gasteiger partial charge in [-0.15, -0.1) is 0 Å². The minimum atomic E-state index is 0.102. The van der Waals surface area contributed by atoms with E-state index in [2.05, 4.69) is 22.9 Å². The molecule has 2 N–H and O–H groups in total. The largest absolute Gasteiger partial charge is 0.384 e. The molecule has 1 aromatic rings. The molecule has 1 aliphatic rings. The van der Waals surface area contributed by atoms with Gasteiger partial charge >= 0.3 is 0 Å². The molecule has 2 heterocycles. The van der Waals surface area contributed by atoms with Crippen LogP contribution in [0.3, 0.4) is 0 Å². The third-order valence-electron chi connectivity index (χ3n) is 3.87. The lowest BCUT2D eigenvalue weighted by atomic mass is 9.93. The van der Waals surface area contributed by atoms with Crippen molar-refractivity contribution < 1.29 is 4.74 Å². The molecule has 3 unspecified atom stereocenters. The van der Waals surface area contributed by atoms with Crippen LogP contribution in [0.2, 0.25) is 0 Å². The molecule has 4 nitrogen and oxygen atoms in total. The predicted octanol–water partition coefficient (Wildman–Crippen LogP) is 1.83. The monoisotopic (exact) mass is 263 g/mol. The number of pyridine rings is 1. The second-order valence-corrected chi connectivity index (χ2v) is 5.55. The van der Waals surface area contributed by atoms with Gasteiger partial charge in [0.1, 0.15) is 0 Å². The zero-order valence-corrected chi connectivity index (χ0v) is 12.0. The average Bonchev–Trinajstić information content (AvgIpc) is 2.40. The Hall–Kier alpha value is -0.970. The fourth-order valence-electron chi connectivity index (χ4n) is 3.12. The van der Waals surface area contributed by atoms with Gasteiger partial charge in [0.15, 0.2) is 0 Å². The second kappa shape index (κ2) is 6.98. The summed E-state index contributed by atoms with van der Waals surface area (Å²) in [6.07, 6.45) is 6.22. The van der Waals surface area contributed by atoms with Crippen LogP contribution >= 0.6 is 0 Å². The Morgan fingerprint density at radius 1 is 1.58 bits per heavy atom.